The van der Waals surface area contributed by atoms with Gasteiger partial charge >= 0.3 is 0 Å². The van der Waals surface area contributed by atoms with E-state index in [9.17, 15) is 14.3 Å². The summed E-state index contributed by atoms with van der Waals surface area (Å²) < 4.78 is 15.8. The molecule has 0 spiro atoms. The average molecular weight is 457 g/mol. The summed E-state index contributed by atoms with van der Waals surface area (Å²) in [5.74, 6) is 0.877. The first-order valence-corrected chi connectivity index (χ1v) is 11.2. The summed E-state index contributed by atoms with van der Waals surface area (Å²) >= 11 is 0. The number of anilines is 1. The molecule has 1 aliphatic rings. The number of phenolic OH excluding ortho intramolecular Hbond substituents is 1. The molecule has 7 heteroatoms. The Morgan fingerprint density at radius 1 is 1.00 bits per heavy atom. The van der Waals surface area contributed by atoms with E-state index in [0.717, 1.165) is 33.4 Å². The third-order valence-electron chi connectivity index (χ3n) is 6.20. The molecule has 5 rings (SSSR count). The zero-order valence-corrected chi connectivity index (χ0v) is 18.7. The number of carbonyl (C=O) groups is 1. The van der Waals surface area contributed by atoms with Gasteiger partial charge < -0.3 is 14.9 Å². The van der Waals surface area contributed by atoms with Gasteiger partial charge in [0.2, 0.25) is 5.91 Å². The van der Waals surface area contributed by atoms with Gasteiger partial charge in [-0.3, -0.25) is 4.79 Å². The van der Waals surface area contributed by atoms with Crippen molar-refractivity contribution in [1.29, 1.82) is 0 Å². The van der Waals surface area contributed by atoms with E-state index in [1.54, 1.807) is 23.1 Å². The van der Waals surface area contributed by atoms with Gasteiger partial charge in [0, 0.05) is 31.6 Å². The first-order chi connectivity index (χ1) is 16.5. The van der Waals surface area contributed by atoms with E-state index >= 15 is 0 Å². The molecule has 1 N–H and O–H groups in total. The summed E-state index contributed by atoms with van der Waals surface area (Å²) in [6.07, 6.45) is 1.36. The van der Waals surface area contributed by atoms with Gasteiger partial charge in [-0.25, -0.2) is 9.07 Å². The molecule has 4 aromatic rings. The van der Waals surface area contributed by atoms with E-state index in [2.05, 4.69) is 11.5 Å². The molecule has 0 atom stereocenters. The summed E-state index contributed by atoms with van der Waals surface area (Å²) in [6, 6.07) is 19.6. The second-order valence-electron chi connectivity index (χ2n) is 8.41. The van der Waals surface area contributed by atoms with Crippen molar-refractivity contribution in [2.75, 3.05) is 31.1 Å². The number of aromatic nitrogens is 2. The maximum atomic E-state index is 13.8. The van der Waals surface area contributed by atoms with Crippen LogP contribution in [0, 0.1) is 5.82 Å². The van der Waals surface area contributed by atoms with Crippen LogP contribution in [0.1, 0.15) is 5.56 Å². The molecular weight excluding hydrogens is 431 g/mol. The number of aromatic hydroxyl groups is 1. The Bertz CT molecular complexity index is 1360. The Morgan fingerprint density at radius 2 is 1.74 bits per heavy atom. The fraction of sp³-hybridized carbons (Fsp3) is 0.185. The SMILES string of the molecule is C=CC(=O)N1CCN(c2c3ccc(-c4cccc(F)c4)cc3nn2Cc2ccc(O)cc2)CC1. The Labute approximate surface area is 197 Å². The van der Waals surface area contributed by atoms with E-state index in [0.29, 0.717) is 32.7 Å². The van der Waals surface area contributed by atoms with Crippen molar-refractivity contribution in [3.8, 4) is 16.9 Å². The quantitative estimate of drug-likeness (QED) is 0.452. The molecule has 6 nitrogen and oxygen atoms in total. The van der Waals surface area contributed by atoms with Crippen LogP contribution < -0.4 is 4.90 Å². The highest BCUT2D eigenvalue weighted by molar-refractivity contribution is 5.94. The van der Waals surface area contributed by atoms with E-state index in [1.807, 2.05) is 41.1 Å². The van der Waals surface area contributed by atoms with E-state index in [1.165, 1.54) is 18.2 Å². The Balaban J connectivity index is 1.54. The molecule has 0 unspecified atom stereocenters. The van der Waals surface area contributed by atoms with Gasteiger partial charge in [0.1, 0.15) is 17.4 Å². The Morgan fingerprint density at radius 3 is 2.44 bits per heavy atom. The molecule has 2 heterocycles. The summed E-state index contributed by atoms with van der Waals surface area (Å²) in [5, 5.41) is 15.6. The second kappa shape index (κ2) is 9.02. The average Bonchev–Trinajstić information content (AvgIpc) is 3.22. The van der Waals surface area contributed by atoms with Crippen LogP contribution in [0.2, 0.25) is 0 Å². The van der Waals surface area contributed by atoms with Gasteiger partial charge in [-0.2, -0.15) is 5.10 Å². The number of amides is 1. The standard InChI is InChI=1S/C27H25FN4O2/c1-2-26(34)30-12-14-31(15-13-30)27-24-11-8-21(20-4-3-5-22(28)16-20)17-25(24)29-32(27)18-19-6-9-23(33)10-7-19/h2-11,16-17,33H,1,12-15,18H2. The van der Waals surface area contributed by atoms with Crippen LogP contribution in [0.15, 0.2) is 79.4 Å². The lowest BCUT2D eigenvalue weighted by Gasteiger charge is -2.35. The molecule has 0 bridgehead atoms. The monoisotopic (exact) mass is 456 g/mol. The Hall–Kier alpha value is -4.13. The van der Waals surface area contributed by atoms with Crippen molar-refractivity contribution in [3.05, 3.63) is 90.8 Å². The molecule has 34 heavy (non-hydrogen) atoms. The van der Waals surface area contributed by atoms with Gasteiger partial charge in [-0.05, 0) is 59.2 Å². The van der Waals surface area contributed by atoms with Gasteiger partial charge in [0.15, 0.2) is 0 Å². The number of rotatable bonds is 5. The normalized spacial score (nSPS) is 13.9. The van der Waals surface area contributed by atoms with Crippen molar-refractivity contribution < 1.29 is 14.3 Å². The minimum Gasteiger partial charge on any atom is -0.508 e. The van der Waals surface area contributed by atoms with Crippen molar-refractivity contribution >= 4 is 22.6 Å². The molecule has 0 saturated carbocycles. The number of hydrogen-bond donors (Lipinski definition) is 1. The van der Waals surface area contributed by atoms with Crippen LogP contribution in [-0.4, -0.2) is 51.9 Å². The highest BCUT2D eigenvalue weighted by Crippen LogP contribution is 2.32. The van der Waals surface area contributed by atoms with Crippen LogP contribution in [0.3, 0.4) is 0 Å². The summed E-state index contributed by atoms with van der Waals surface area (Å²) in [6.45, 7) is 6.71. The van der Waals surface area contributed by atoms with Crippen molar-refractivity contribution in [3.63, 3.8) is 0 Å². The third kappa shape index (κ3) is 4.24. The molecule has 1 saturated heterocycles. The number of benzene rings is 3. The zero-order valence-electron chi connectivity index (χ0n) is 18.7. The van der Waals surface area contributed by atoms with E-state index in [-0.39, 0.29) is 17.5 Å². The lowest BCUT2D eigenvalue weighted by molar-refractivity contribution is -0.126. The fourth-order valence-electron chi connectivity index (χ4n) is 4.45. The molecular formula is C27H25FN4O2. The van der Waals surface area contributed by atoms with Gasteiger partial charge in [-0.15, -0.1) is 0 Å². The second-order valence-corrected chi connectivity index (χ2v) is 8.41. The lowest BCUT2D eigenvalue weighted by atomic mass is 10.0. The molecule has 0 radical (unpaired) electrons. The highest BCUT2D eigenvalue weighted by atomic mass is 19.1. The van der Waals surface area contributed by atoms with Crippen LogP contribution >= 0.6 is 0 Å². The van der Waals surface area contributed by atoms with Crippen LogP contribution in [0.5, 0.6) is 5.75 Å². The number of phenols is 1. The Kier molecular flexibility index (Phi) is 5.76. The maximum Gasteiger partial charge on any atom is 0.246 e. The van der Waals surface area contributed by atoms with Crippen molar-refractivity contribution in [1.82, 2.24) is 14.7 Å². The number of halogens is 1. The minimum absolute atomic E-state index is 0.0538. The van der Waals surface area contributed by atoms with Crippen LogP contribution in [-0.2, 0) is 11.3 Å². The summed E-state index contributed by atoms with van der Waals surface area (Å²) in [7, 11) is 0. The largest absolute Gasteiger partial charge is 0.508 e. The number of nitrogens with zero attached hydrogens (tertiary/aromatic N) is 4. The van der Waals surface area contributed by atoms with Gasteiger partial charge in [0.25, 0.3) is 0 Å². The molecule has 1 amide bonds. The van der Waals surface area contributed by atoms with Gasteiger partial charge in [0.05, 0.1) is 12.1 Å². The number of piperazine rings is 1. The van der Waals surface area contributed by atoms with E-state index < -0.39 is 0 Å². The third-order valence-corrected chi connectivity index (χ3v) is 6.20. The lowest BCUT2D eigenvalue weighted by Crippen LogP contribution is -2.49. The fourth-order valence-corrected chi connectivity index (χ4v) is 4.45. The minimum atomic E-state index is -0.275. The van der Waals surface area contributed by atoms with Crippen LogP contribution in [0.25, 0.3) is 22.0 Å². The first kappa shape index (κ1) is 21.7. The smallest absolute Gasteiger partial charge is 0.246 e. The number of carbonyl (C=O) groups excluding carboxylic acids is 1. The highest BCUT2D eigenvalue weighted by Gasteiger charge is 2.24. The zero-order chi connectivity index (χ0) is 23.7. The molecule has 1 aromatic heterocycles. The predicted molar refractivity (Wildman–Crippen MR) is 131 cm³/mol. The first-order valence-electron chi connectivity index (χ1n) is 11.2. The summed E-state index contributed by atoms with van der Waals surface area (Å²) in [5.41, 5.74) is 3.53. The molecule has 0 aliphatic carbocycles. The topological polar surface area (TPSA) is 61.6 Å². The predicted octanol–water partition coefficient (Wildman–Crippen LogP) is 4.43. The van der Waals surface area contributed by atoms with E-state index in [4.69, 9.17) is 5.10 Å². The summed E-state index contributed by atoms with van der Waals surface area (Å²) in [4.78, 5) is 16.1. The maximum absolute atomic E-state index is 13.8. The van der Waals surface area contributed by atoms with Gasteiger partial charge in [-0.1, -0.05) is 36.9 Å². The molecule has 1 aliphatic heterocycles. The van der Waals surface area contributed by atoms with Crippen LogP contribution in [0.4, 0.5) is 10.2 Å². The van der Waals surface area contributed by atoms with Crippen molar-refractivity contribution in [2.45, 2.75) is 6.54 Å². The number of fused-ring (bicyclic) bond motifs is 1. The number of hydrogen-bond acceptors (Lipinski definition) is 4. The molecule has 3 aromatic carbocycles. The van der Waals surface area contributed by atoms with Crippen molar-refractivity contribution in [2.24, 2.45) is 0 Å². The molecule has 172 valence electrons. The molecule has 1 fully saturated rings.